The molecule has 2 heteroatoms. The number of benzene rings is 2. The van der Waals surface area contributed by atoms with Gasteiger partial charge in [-0.1, -0.05) is 64.1 Å². The third-order valence-corrected chi connectivity index (χ3v) is 3.51. The molecule has 0 saturated carbocycles. The summed E-state index contributed by atoms with van der Waals surface area (Å²) in [5.41, 5.74) is 4.50. The highest BCUT2D eigenvalue weighted by Crippen LogP contribution is 2.27. The summed E-state index contributed by atoms with van der Waals surface area (Å²) < 4.78 is 0. The van der Waals surface area contributed by atoms with Gasteiger partial charge in [0.05, 0.1) is 11.4 Å². The fraction of sp³-hybridized carbons (Fsp3) is 0.400. The molecule has 0 fully saturated rings. The Morgan fingerprint density at radius 1 is 0.636 bits per heavy atom. The van der Waals surface area contributed by atoms with Crippen LogP contribution < -0.4 is 0 Å². The fourth-order valence-corrected chi connectivity index (χ4v) is 2.55. The number of nitrogens with zero attached hydrogens (tertiary/aromatic N) is 2. The first-order chi connectivity index (χ1) is 10.6. The minimum Gasteiger partial charge on any atom is -0.150 e. The summed E-state index contributed by atoms with van der Waals surface area (Å²) in [4.78, 5) is 0. The molecule has 0 aromatic heterocycles. The zero-order valence-corrected chi connectivity index (χ0v) is 14.1. The molecule has 0 unspecified atom stereocenters. The molecule has 0 N–H and O–H groups in total. The molecule has 0 saturated heterocycles. The molecule has 22 heavy (non-hydrogen) atoms. The van der Waals surface area contributed by atoms with Gasteiger partial charge in [-0.3, -0.25) is 0 Å². The maximum absolute atomic E-state index is 4.52. The van der Waals surface area contributed by atoms with E-state index in [1.54, 1.807) is 0 Å². The average Bonchev–Trinajstić information content (AvgIpc) is 2.46. The summed E-state index contributed by atoms with van der Waals surface area (Å²) in [6.07, 6.45) is 2.06. The lowest BCUT2D eigenvalue weighted by atomic mass is 10.0. The van der Waals surface area contributed by atoms with Gasteiger partial charge in [-0.2, -0.15) is 10.2 Å². The third-order valence-electron chi connectivity index (χ3n) is 3.51. The highest BCUT2D eigenvalue weighted by Gasteiger charge is 2.05. The predicted octanol–water partition coefficient (Wildman–Crippen LogP) is 6.50. The maximum atomic E-state index is 4.52. The van der Waals surface area contributed by atoms with E-state index in [0.29, 0.717) is 11.8 Å². The van der Waals surface area contributed by atoms with Crippen molar-refractivity contribution in [1.29, 1.82) is 0 Å². The van der Waals surface area contributed by atoms with Crippen molar-refractivity contribution >= 4 is 11.4 Å². The minimum atomic E-state index is 0.615. The van der Waals surface area contributed by atoms with Crippen LogP contribution in [0.3, 0.4) is 0 Å². The van der Waals surface area contributed by atoms with Crippen LogP contribution in [0.15, 0.2) is 58.8 Å². The van der Waals surface area contributed by atoms with E-state index in [0.717, 1.165) is 24.2 Å². The van der Waals surface area contributed by atoms with Crippen LogP contribution in [-0.4, -0.2) is 0 Å². The normalized spacial score (nSPS) is 11.7. The van der Waals surface area contributed by atoms with Crippen LogP contribution in [0.5, 0.6) is 0 Å². The van der Waals surface area contributed by atoms with Gasteiger partial charge < -0.3 is 0 Å². The van der Waals surface area contributed by atoms with E-state index in [2.05, 4.69) is 62.2 Å². The molecule has 116 valence electrons. The first-order valence-electron chi connectivity index (χ1n) is 8.13. The monoisotopic (exact) mass is 294 g/mol. The van der Waals surface area contributed by atoms with Crippen LogP contribution in [0.1, 0.15) is 38.8 Å². The van der Waals surface area contributed by atoms with Gasteiger partial charge in [0.1, 0.15) is 0 Å². The second-order valence-corrected chi connectivity index (χ2v) is 6.65. The Balaban J connectivity index is 2.26. The molecular formula is C20H26N2. The molecule has 0 aliphatic rings. The maximum Gasteiger partial charge on any atom is 0.0889 e. The van der Waals surface area contributed by atoms with E-state index in [4.69, 9.17) is 0 Å². The van der Waals surface area contributed by atoms with Crippen molar-refractivity contribution in [1.82, 2.24) is 0 Å². The Morgan fingerprint density at radius 3 is 1.36 bits per heavy atom. The molecule has 0 spiro atoms. The molecule has 0 radical (unpaired) electrons. The molecule has 2 nitrogen and oxygen atoms in total. The molecule has 2 aromatic carbocycles. The van der Waals surface area contributed by atoms with E-state index in [9.17, 15) is 0 Å². The topological polar surface area (TPSA) is 24.7 Å². The Hall–Kier alpha value is -1.96. The van der Waals surface area contributed by atoms with Gasteiger partial charge in [0.25, 0.3) is 0 Å². The number of hydrogen-bond donors (Lipinski definition) is 0. The van der Waals surface area contributed by atoms with Gasteiger partial charge in [-0.25, -0.2) is 0 Å². The Morgan fingerprint density at radius 2 is 1.00 bits per heavy atom. The van der Waals surface area contributed by atoms with Crippen LogP contribution in [-0.2, 0) is 12.8 Å². The molecule has 0 aliphatic carbocycles. The second-order valence-electron chi connectivity index (χ2n) is 6.65. The van der Waals surface area contributed by atoms with Crippen LogP contribution in [0.4, 0.5) is 11.4 Å². The van der Waals surface area contributed by atoms with E-state index in [-0.39, 0.29) is 0 Å². The molecule has 2 rings (SSSR count). The Bertz CT molecular complexity index is 572. The molecule has 0 heterocycles. The summed E-state index contributed by atoms with van der Waals surface area (Å²) in [5.74, 6) is 1.23. The van der Waals surface area contributed by atoms with Crippen molar-refractivity contribution in [3.63, 3.8) is 0 Å². The lowest BCUT2D eigenvalue weighted by molar-refractivity contribution is 0.646. The van der Waals surface area contributed by atoms with Crippen LogP contribution in [0.2, 0.25) is 0 Å². The van der Waals surface area contributed by atoms with Crippen LogP contribution in [0, 0.1) is 11.8 Å². The zero-order chi connectivity index (χ0) is 15.9. The lowest BCUT2D eigenvalue weighted by Gasteiger charge is -2.09. The summed E-state index contributed by atoms with van der Waals surface area (Å²) in [5, 5.41) is 9.04. The van der Waals surface area contributed by atoms with Crippen molar-refractivity contribution in [2.75, 3.05) is 0 Å². The van der Waals surface area contributed by atoms with Gasteiger partial charge in [0.2, 0.25) is 0 Å². The predicted molar refractivity (Wildman–Crippen MR) is 94.1 cm³/mol. The van der Waals surface area contributed by atoms with Gasteiger partial charge in [-0.05, 0) is 47.9 Å². The number of azo groups is 1. The largest absolute Gasteiger partial charge is 0.150 e. The molecule has 0 aliphatic heterocycles. The zero-order valence-electron chi connectivity index (χ0n) is 14.1. The van der Waals surface area contributed by atoms with E-state index < -0.39 is 0 Å². The van der Waals surface area contributed by atoms with Gasteiger partial charge in [0.15, 0.2) is 0 Å². The molecule has 0 atom stereocenters. The average molecular weight is 294 g/mol. The van der Waals surface area contributed by atoms with Crippen molar-refractivity contribution < 1.29 is 0 Å². The first kappa shape index (κ1) is 16.4. The lowest BCUT2D eigenvalue weighted by Crippen LogP contribution is -1.94. The van der Waals surface area contributed by atoms with Crippen molar-refractivity contribution in [2.24, 2.45) is 22.1 Å². The number of hydrogen-bond acceptors (Lipinski definition) is 2. The van der Waals surface area contributed by atoms with Crippen molar-refractivity contribution in [3.8, 4) is 0 Å². The third kappa shape index (κ3) is 4.80. The molecule has 0 bridgehead atoms. The first-order valence-corrected chi connectivity index (χ1v) is 8.13. The standard InChI is InChI=1S/C20H26N2/c1-15(2)13-17-9-5-7-11-19(17)21-22-20-12-8-6-10-18(20)14-16(3)4/h5-12,15-16H,13-14H2,1-4H3. The molecule has 2 aromatic rings. The fourth-order valence-electron chi connectivity index (χ4n) is 2.55. The highest BCUT2D eigenvalue weighted by atomic mass is 15.1. The van der Waals surface area contributed by atoms with Crippen molar-refractivity contribution in [3.05, 3.63) is 59.7 Å². The van der Waals surface area contributed by atoms with Crippen molar-refractivity contribution in [2.45, 2.75) is 40.5 Å². The molecule has 0 amide bonds. The van der Waals surface area contributed by atoms with E-state index in [1.807, 2.05) is 24.3 Å². The summed E-state index contributed by atoms with van der Waals surface area (Å²) in [6.45, 7) is 8.91. The molecular weight excluding hydrogens is 268 g/mol. The summed E-state index contributed by atoms with van der Waals surface area (Å²) in [6, 6.07) is 16.6. The van der Waals surface area contributed by atoms with Gasteiger partial charge in [0, 0.05) is 0 Å². The smallest absolute Gasteiger partial charge is 0.0889 e. The summed E-state index contributed by atoms with van der Waals surface area (Å²) >= 11 is 0. The highest BCUT2D eigenvalue weighted by molar-refractivity contribution is 5.49. The van der Waals surface area contributed by atoms with Gasteiger partial charge >= 0.3 is 0 Å². The number of rotatable bonds is 6. The van der Waals surface area contributed by atoms with E-state index >= 15 is 0 Å². The van der Waals surface area contributed by atoms with Gasteiger partial charge in [-0.15, -0.1) is 0 Å². The SMILES string of the molecule is CC(C)Cc1ccccc1N=Nc1ccccc1CC(C)C. The quantitative estimate of drug-likeness (QED) is 0.543. The Labute approximate surface area is 134 Å². The minimum absolute atomic E-state index is 0.615. The Kier molecular flexibility index (Phi) is 5.88. The summed E-state index contributed by atoms with van der Waals surface area (Å²) in [7, 11) is 0. The van der Waals surface area contributed by atoms with Crippen LogP contribution in [0.25, 0.3) is 0 Å². The van der Waals surface area contributed by atoms with E-state index in [1.165, 1.54) is 11.1 Å². The van der Waals surface area contributed by atoms with Crippen LogP contribution >= 0.6 is 0 Å². The second kappa shape index (κ2) is 7.88.